The van der Waals surface area contributed by atoms with Gasteiger partial charge in [-0.05, 0) is 29.8 Å². The van der Waals surface area contributed by atoms with E-state index in [2.05, 4.69) is 24.0 Å². The van der Waals surface area contributed by atoms with Crippen LogP contribution in [0.4, 0.5) is 0 Å². The molecule has 0 atom stereocenters. The van der Waals surface area contributed by atoms with E-state index in [1.807, 2.05) is 42.5 Å². The molecule has 0 aliphatic carbocycles. The SMILES string of the molecule is C=CCNC(=O)c1ccc(CSc2ccccc2)cc1. The number of carbonyl (C=O) groups excluding carboxylic acids is 1. The van der Waals surface area contributed by atoms with E-state index in [1.54, 1.807) is 17.8 Å². The smallest absolute Gasteiger partial charge is 0.251 e. The lowest BCUT2D eigenvalue weighted by Crippen LogP contribution is -2.22. The van der Waals surface area contributed by atoms with Crippen molar-refractivity contribution < 1.29 is 4.79 Å². The Hall–Kier alpha value is -2.00. The van der Waals surface area contributed by atoms with Gasteiger partial charge in [0.1, 0.15) is 0 Å². The van der Waals surface area contributed by atoms with Crippen molar-refractivity contribution in [2.24, 2.45) is 0 Å². The van der Waals surface area contributed by atoms with Crippen molar-refractivity contribution in [1.82, 2.24) is 5.32 Å². The average molecular weight is 283 g/mol. The molecule has 1 N–H and O–H groups in total. The number of hydrogen-bond donors (Lipinski definition) is 1. The molecule has 0 bridgehead atoms. The van der Waals surface area contributed by atoms with E-state index in [-0.39, 0.29) is 5.91 Å². The van der Waals surface area contributed by atoms with Crippen LogP contribution in [0, 0.1) is 0 Å². The molecular weight excluding hydrogens is 266 g/mol. The summed E-state index contributed by atoms with van der Waals surface area (Å²) >= 11 is 1.79. The molecule has 0 spiro atoms. The van der Waals surface area contributed by atoms with Gasteiger partial charge in [-0.3, -0.25) is 4.79 Å². The zero-order valence-electron chi connectivity index (χ0n) is 11.2. The first-order valence-electron chi connectivity index (χ1n) is 6.45. The van der Waals surface area contributed by atoms with Crippen molar-refractivity contribution in [3.05, 3.63) is 78.4 Å². The number of nitrogens with one attached hydrogen (secondary N) is 1. The highest BCUT2D eigenvalue weighted by Gasteiger charge is 2.03. The van der Waals surface area contributed by atoms with Gasteiger partial charge < -0.3 is 5.32 Å². The summed E-state index contributed by atoms with van der Waals surface area (Å²) in [6, 6.07) is 18.0. The van der Waals surface area contributed by atoms with E-state index in [4.69, 9.17) is 0 Å². The number of benzene rings is 2. The quantitative estimate of drug-likeness (QED) is 0.643. The first-order valence-corrected chi connectivity index (χ1v) is 7.44. The van der Waals surface area contributed by atoms with Crippen molar-refractivity contribution in [3.63, 3.8) is 0 Å². The molecule has 0 radical (unpaired) electrons. The van der Waals surface area contributed by atoms with Gasteiger partial charge in [-0.2, -0.15) is 0 Å². The standard InChI is InChI=1S/C17H17NOS/c1-2-12-18-17(19)15-10-8-14(9-11-15)13-20-16-6-4-3-5-7-16/h2-11H,1,12-13H2,(H,18,19). The average Bonchev–Trinajstić information content (AvgIpc) is 2.52. The lowest BCUT2D eigenvalue weighted by atomic mass is 10.1. The van der Waals surface area contributed by atoms with Gasteiger partial charge in [-0.1, -0.05) is 36.4 Å². The van der Waals surface area contributed by atoms with Crippen molar-refractivity contribution in [1.29, 1.82) is 0 Å². The molecule has 3 heteroatoms. The molecule has 2 nitrogen and oxygen atoms in total. The normalized spacial score (nSPS) is 10.0. The molecule has 0 unspecified atom stereocenters. The van der Waals surface area contributed by atoms with Crippen molar-refractivity contribution in [3.8, 4) is 0 Å². The highest BCUT2D eigenvalue weighted by atomic mass is 32.2. The molecule has 1 amide bonds. The minimum Gasteiger partial charge on any atom is -0.349 e. The van der Waals surface area contributed by atoms with E-state index in [0.717, 1.165) is 5.75 Å². The minimum absolute atomic E-state index is 0.0628. The van der Waals surface area contributed by atoms with Gasteiger partial charge in [-0.15, -0.1) is 18.3 Å². The van der Waals surface area contributed by atoms with Gasteiger partial charge in [-0.25, -0.2) is 0 Å². The van der Waals surface area contributed by atoms with Crippen LogP contribution in [0.1, 0.15) is 15.9 Å². The summed E-state index contributed by atoms with van der Waals surface area (Å²) in [5.41, 5.74) is 1.89. The van der Waals surface area contributed by atoms with Gasteiger partial charge in [0.25, 0.3) is 5.91 Å². The number of hydrogen-bond acceptors (Lipinski definition) is 2. The van der Waals surface area contributed by atoms with Gasteiger partial charge in [0.15, 0.2) is 0 Å². The Balaban J connectivity index is 1.91. The molecule has 0 aromatic heterocycles. The van der Waals surface area contributed by atoms with Crippen LogP contribution >= 0.6 is 11.8 Å². The van der Waals surface area contributed by atoms with Crippen LogP contribution in [-0.4, -0.2) is 12.5 Å². The molecule has 20 heavy (non-hydrogen) atoms. The van der Waals surface area contributed by atoms with Gasteiger partial charge in [0, 0.05) is 22.8 Å². The van der Waals surface area contributed by atoms with Crippen LogP contribution in [0.2, 0.25) is 0 Å². The van der Waals surface area contributed by atoms with Crippen molar-refractivity contribution >= 4 is 17.7 Å². The minimum atomic E-state index is -0.0628. The monoisotopic (exact) mass is 283 g/mol. The highest BCUT2D eigenvalue weighted by molar-refractivity contribution is 7.98. The Morgan fingerprint density at radius 3 is 2.45 bits per heavy atom. The van der Waals surface area contributed by atoms with E-state index >= 15 is 0 Å². The summed E-state index contributed by atoms with van der Waals surface area (Å²) in [5.74, 6) is 0.839. The lowest BCUT2D eigenvalue weighted by molar-refractivity contribution is 0.0958. The Bertz CT molecular complexity index is 563. The Morgan fingerprint density at radius 1 is 1.10 bits per heavy atom. The summed E-state index contributed by atoms with van der Waals surface area (Å²) in [6.45, 7) is 4.07. The van der Waals surface area contributed by atoms with E-state index in [0.29, 0.717) is 12.1 Å². The zero-order valence-corrected chi connectivity index (χ0v) is 12.0. The lowest BCUT2D eigenvalue weighted by Gasteiger charge is -2.05. The van der Waals surface area contributed by atoms with Gasteiger partial charge in [0.2, 0.25) is 0 Å². The van der Waals surface area contributed by atoms with E-state index in [1.165, 1.54) is 10.5 Å². The zero-order chi connectivity index (χ0) is 14.2. The summed E-state index contributed by atoms with van der Waals surface area (Å²) < 4.78 is 0. The van der Waals surface area contributed by atoms with Crippen LogP contribution in [-0.2, 0) is 5.75 Å². The first kappa shape index (κ1) is 14.4. The number of amides is 1. The fourth-order valence-corrected chi connectivity index (χ4v) is 2.58. The van der Waals surface area contributed by atoms with E-state index < -0.39 is 0 Å². The van der Waals surface area contributed by atoms with Crippen LogP contribution < -0.4 is 5.32 Å². The van der Waals surface area contributed by atoms with E-state index in [9.17, 15) is 4.79 Å². The predicted octanol–water partition coefficient (Wildman–Crippen LogP) is 3.89. The maximum atomic E-state index is 11.7. The maximum Gasteiger partial charge on any atom is 0.251 e. The second-order valence-electron chi connectivity index (χ2n) is 4.30. The summed E-state index contributed by atoms with van der Waals surface area (Å²) in [6.07, 6.45) is 1.67. The molecule has 0 aliphatic heterocycles. The molecule has 0 saturated heterocycles. The largest absolute Gasteiger partial charge is 0.349 e. The Labute approximate surface area is 123 Å². The van der Waals surface area contributed by atoms with Crippen LogP contribution in [0.5, 0.6) is 0 Å². The third-order valence-electron chi connectivity index (χ3n) is 2.77. The topological polar surface area (TPSA) is 29.1 Å². The fraction of sp³-hybridized carbons (Fsp3) is 0.118. The molecule has 2 aromatic carbocycles. The number of rotatable bonds is 6. The molecule has 102 valence electrons. The van der Waals surface area contributed by atoms with Crippen LogP contribution in [0.3, 0.4) is 0 Å². The summed E-state index contributed by atoms with van der Waals surface area (Å²) in [4.78, 5) is 13.0. The first-order chi connectivity index (χ1) is 9.79. The third kappa shape index (κ3) is 4.28. The second kappa shape index (κ2) is 7.56. The Morgan fingerprint density at radius 2 is 1.80 bits per heavy atom. The summed E-state index contributed by atoms with van der Waals surface area (Å²) in [5, 5.41) is 2.76. The second-order valence-corrected chi connectivity index (χ2v) is 5.35. The summed E-state index contributed by atoms with van der Waals surface area (Å²) in [7, 11) is 0. The maximum absolute atomic E-state index is 11.7. The molecule has 0 heterocycles. The van der Waals surface area contributed by atoms with Crippen molar-refractivity contribution in [2.75, 3.05) is 6.54 Å². The van der Waals surface area contributed by atoms with Crippen LogP contribution in [0.15, 0.2) is 72.1 Å². The van der Waals surface area contributed by atoms with Crippen LogP contribution in [0.25, 0.3) is 0 Å². The molecular formula is C17H17NOS. The molecule has 0 aliphatic rings. The molecule has 2 aromatic rings. The van der Waals surface area contributed by atoms with Gasteiger partial charge >= 0.3 is 0 Å². The molecule has 2 rings (SSSR count). The predicted molar refractivity (Wildman–Crippen MR) is 85.0 cm³/mol. The molecule has 0 saturated carbocycles. The van der Waals surface area contributed by atoms with Crippen molar-refractivity contribution in [2.45, 2.75) is 10.6 Å². The Kier molecular flexibility index (Phi) is 5.44. The van der Waals surface area contributed by atoms with Gasteiger partial charge in [0.05, 0.1) is 0 Å². The molecule has 0 fully saturated rings. The third-order valence-corrected chi connectivity index (χ3v) is 3.85. The number of thioether (sulfide) groups is 1. The number of carbonyl (C=O) groups is 1. The fourth-order valence-electron chi connectivity index (χ4n) is 1.70. The highest BCUT2D eigenvalue weighted by Crippen LogP contribution is 2.22.